The van der Waals surface area contributed by atoms with E-state index >= 15 is 0 Å². The van der Waals surface area contributed by atoms with Gasteiger partial charge in [0.1, 0.15) is 0 Å². The second-order valence-corrected chi connectivity index (χ2v) is 4.11. The van der Waals surface area contributed by atoms with Gasteiger partial charge in [-0.25, -0.2) is 8.78 Å². The van der Waals surface area contributed by atoms with Crippen molar-refractivity contribution in [3.8, 4) is 11.1 Å². The highest BCUT2D eigenvalue weighted by atomic mass is 19.3. The fourth-order valence-electron chi connectivity index (χ4n) is 1.76. The molecule has 0 heterocycles. The summed E-state index contributed by atoms with van der Waals surface area (Å²) in [5.74, 6) is -0.708. The lowest BCUT2D eigenvalue weighted by atomic mass is 9.98. The van der Waals surface area contributed by atoms with Crippen LogP contribution in [0.3, 0.4) is 0 Å². The van der Waals surface area contributed by atoms with Crippen molar-refractivity contribution in [1.29, 1.82) is 0 Å². The highest BCUT2D eigenvalue weighted by Crippen LogP contribution is 2.25. The third kappa shape index (κ3) is 2.70. The minimum absolute atomic E-state index is 0.680. The molecule has 17 heavy (non-hydrogen) atoms. The quantitative estimate of drug-likeness (QED) is 0.718. The summed E-state index contributed by atoms with van der Waals surface area (Å²) < 4.78 is 25.1. The second kappa shape index (κ2) is 5.09. The van der Waals surface area contributed by atoms with Crippen molar-refractivity contribution in [1.82, 2.24) is 0 Å². The van der Waals surface area contributed by atoms with Crippen LogP contribution in [0.1, 0.15) is 18.4 Å². The van der Waals surface area contributed by atoms with E-state index in [1.54, 1.807) is 19.1 Å². The molecule has 0 aliphatic rings. The Kier molecular flexibility index (Phi) is 3.52. The summed E-state index contributed by atoms with van der Waals surface area (Å²) >= 11 is 0. The average molecular weight is 232 g/mol. The Morgan fingerprint density at radius 1 is 0.765 bits per heavy atom. The van der Waals surface area contributed by atoms with E-state index in [0.29, 0.717) is 5.56 Å². The zero-order valence-corrected chi connectivity index (χ0v) is 9.61. The molecule has 0 bridgehead atoms. The van der Waals surface area contributed by atoms with Crippen LogP contribution in [0.5, 0.6) is 0 Å². The van der Waals surface area contributed by atoms with Crippen molar-refractivity contribution in [2.45, 2.75) is 19.3 Å². The third-order valence-electron chi connectivity index (χ3n) is 2.92. The molecule has 2 aromatic carbocycles. The molecule has 0 saturated heterocycles. The molecule has 0 nitrogen and oxygen atoms in total. The Bertz CT molecular complexity index is 460. The van der Waals surface area contributed by atoms with Gasteiger partial charge in [0.25, 0.3) is 0 Å². The number of benzene rings is 2. The SMILES string of the molecule is CC(c1ccc(-c2ccccc2)cc1)C(F)F. The van der Waals surface area contributed by atoms with E-state index in [4.69, 9.17) is 0 Å². The third-order valence-corrected chi connectivity index (χ3v) is 2.92. The predicted octanol–water partition coefficient (Wildman–Crippen LogP) is 4.72. The predicted molar refractivity (Wildman–Crippen MR) is 66.3 cm³/mol. The second-order valence-electron chi connectivity index (χ2n) is 4.11. The maximum atomic E-state index is 12.5. The Balaban J connectivity index is 2.25. The van der Waals surface area contributed by atoms with Crippen molar-refractivity contribution < 1.29 is 8.78 Å². The number of hydrogen-bond acceptors (Lipinski definition) is 0. The van der Waals surface area contributed by atoms with Crippen LogP contribution in [0.25, 0.3) is 11.1 Å². The van der Waals surface area contributed by atoms with Crippen LogP contribution >= 0.6 is 0 Å². The summed E-state index contributed by atoms with van der Waals surface area (Å²) in [4.78, 5) is 0. The van der Waals surface area contributed by atoms with Crippen molar-refractivity contribution >= 4 is 0 Å². The van der Waals surface area contributed by atoms with Crippen LogP contribution in [0.15, 0.2) is 54.6 Å². The zero-order valence-electron chi connectivity index (χ0n) is 9.61. The maximum Gasteiger partial charge on any atom is 0.245 e. The topological polar surface area (TPSA) is 0 Å². The van der Waals surface area contributed by atoms with Crippen LogP contribution < -0.4 is 0 Å². The number of alkyl halides is 2. The smallest absolute Gasteiger partial charge is 0.210 e. The van der Waals surface area contributed by atoms with Gasteiger partial charge in [-0.3, -0.25) is 0 Å². The van der Waals surface area contributed by atoms with Crippen molar-refractivity contribution in [2.75, 3.05) is 0 Å². The van der Waals surface area contributed by atoms with E-state index in [1.165, 1.54) is 0 Å². The van der Waals surface area contributed by atoms with Gasteiger partial charge < -0.3 is 0 Å². The standard InChI is InChI=1S/C15H14F2/c1-11(15(16)17)12-7-9-14(10-8-12)13-5-3-2-4-6-13/h2-11,15H,1H3. The fourth-order valence-corrected chi connectivity index (χ4v) is 1.76. The number of rotatable bonds is 3. The van der Waals surface area contributed by atoms with Crippen LogP contribution in [-0.2, 0) is 0 Å². The van der Waals surface area contributed by atoms with Crippen molar-refractivity contribution in [3.05, 3.63) is 60.2 Å². The lowest BCUT2D eigenvalue weighted by Gasteiger charge is -2.11. The van der Waals surface area contributed by atoms with Crippen LogP contribution in [0.4, 0.5) is 8.78 Å². The van der Waals surface area contributed by atoms with Gasteiger partial charge in [0.15, 0.2) is 0 Å². The minimum atomic E-state index is -2.31. The summed E-state index contributed by atoms with van der Waals surface area (Å²) in [6, 6.07) is 17.2. The molecule has 1 unspecified atom stereocenters. The van der Waals surface area contributed by atoms with Gasteiger partial charge >= 0.3 is 0 Å². The Hall–Kier alpha value is -1.70. The lowest BCUT2D eigenvalue weighted by Crippen LogP contribution is -2.04. The van der Waals surface area contributed by atoms with Crippen molar-refractivity contribution in [2.24, 2.45) is 0 Å². The summed E-state index contributed by atoms with van der Waals surface area (Å²) in [7, 11) is 0. The van der Waals surface area contributed by atoms with Gasteiger partial charge in [-0.1, -0.05) is 61.5 Å². The van der Waals surface area contributed by atoms with E-state index in [1.807, 2.05) is 42.5 Å². The van der Waals surface area contributed by atoms with Crippen LogP contribution in [-0.4, -0.2) is 6.43 Å². The molecule has 0 saturated carbocycles. The highest BCUT2D eigenvalue weighted by molar-refractivity contribution is 5.63. The van der Waals surface area contributed by atoms with Gasteiger partial charge in [0.05, 0.1) is 0 Å². The lowest BCUT2D eigenvalue weighted by molar-refractivity contribution is 0.121. The average Bonchev–Trinajstić information content (AvgIpc) is 2.39. The molecule has 2 aromatic rings. The van der Waals surface area contributed by atoms with E-state index < -0.39 is 12.3 Å². The molecule has 1 atom stereocenters. The number of halogens is 2. The first-order valence-corrected chi connectivity index (χ1v) is 5.62. The van der Waals surface area contributed by atoms with E-state index in [0.717, 1.165) is 11.1 Å². The molecule has 2 heteroatoms. The Labute approximate surface area is 99.9 Å². The first kappa shape index (κ1) is 11.8. The Morgan fingerprint density at radius 3 is 1.82 bits per heavy atom. The van der Waals surface area contributed by atoms with Gasteiger partial charge in [0, 0.05) is 5.92 Å². The summed E-state index contributed by atoms with van der Waals surface area (Å²) in [6.45, 7) is 1.54. The van der Waals surface area contributed by atoms with E-state index in [-0.39, 0.29) is 0 Å². The molecule has 0 aliphatic carbocycles. The maximum absolute atomic E-state index is 12.5. The fraction of sp³-hybridized carbons (Fsp3) is 0.200. The molecule has 0 aromatic heterocycles. The van der Waals surface area contributed by atoms with Gasteiger partial charge in [-0.2, -0.15) is 0 Å². The van der Waals surface area contributed by atoms with Gasteiger partial charge in [-0.15, -0.1) is 0 Å². The monoisotopic (exact) mass is 232 g/mol. The molecule has 88 valence electrons. The molecule has 0 fully saturated rings. The summed E-state index contributed by atoms with van der Waals surface area (Å²) in [5.41, 5.74) is 2.83. The first-order valence-electron chi connectivity index (χ1n) is 5.62. The van der Waals surface area contributed by atoms with E-state index in [2.05, 4.69) is 0 Å². The number of hydrogen-bond donors (Lipinski definition) is 0. The molecular weight excluding hydrogens is 218 g/mol. The van der Waals surface area contributed by atoms with Crippen LogP contribution in [0.2, 0.25) is 0 Å². The zero-order chi connectivity index (χ0) is 12.3. The van der Waals surface area contributed by atoms with E-state index in [9.17, 15) is 8.78 Å². The molecule has 0 spiro atoms. The first-order chi connectivity index (χ1) is 8.18. The highest BCUT2D eigenvalue weighted by Gasteiger charge is 2.16. The minimum Gasteiger partial charge on any atom is -0.210 e. The summed E-state index contributed by atoms with van der Waals surface area (Å²) in [6.07, 6.45) is -2.31. The van der Waals surface area contributed by atoms with Gasteiger partial charge in [-0.05, 0) is 16.7 Å². The largest absolute Gasteiger partial charge is 0.245 e. The molecule has 0 N–H and O–H groups in total. The van der Waals surface area contributed by atoms with Crippen LogP contribution in [0, 0.1) is 0 Å². The van der Waals surface area contributed by atoms with Crippen molar-refractivity contribution in [3.63, 3.8) is 0 Å². The normalized spacial score (nSPS) is 12.7. The molecule has 0 radical (unpaired) electrons. The summed E-state index contributed by atoms with van der Waals surface area (Å²) in [5, 5.41) is 0. The molecule has 0 amide bonds. The molecule has 2 rings (SSSR count). The molecular formula is C15H14F2. The Morgan fingerprint density at radius 2 is 1.29 bits per heavy atom. The van der Waals surface area contributed by atoms with Gasteiger partial charge in [0.2, 0.25) is 6.43 Å². The molecule has 0 aliphatic heterocycles.